The summed E-state index contributed by atoms with van der Waals surface area (Å²) in [4.78, 5) is 8.33. The number of sulfone groups is 1. The Bertz CT molecular complexity index is 1140. The van der Waals surface area contributed by atoms with Gasteiger partial charge in [0, 0.05) is 18.1 Å². The molecule has 0 aliphatic heterocycles. The van der Waals surface area contributed by atoms with Crippen LogP contribution in [-0.4, -0.2) is 19.4 Å². The fourth-order valence-corrected chi connectivity index (χ4v) is 3.69. The summed E-state index contributed by atoms with van der Waals surface area (Å²) in [6.07, 6.45) is 5.02. The van der Waals surface area contributed by atoms with Crippen LogP contribution in [-0.2, 0) is 16.4 Å². The Morgan fingerprint density at radius 1 is 1.00 bits per heavy atom. The predicted molar refractivity (Wildman–Crippen MR) is 106 cm³/mol. The number of nitriles is 1. The van der Waals surface area contributed by atoms with Gasteiger partial charge < -0.3 is 5.32 Å². The van der Waals surface area contributed by atoms with E-state index in [1.165, 1.54) is 24.3 Å². The monoisotopic (exact) mass is 409 g/mol. The second-order valence-electron chi connectivity index (χ2n) is 5.86. The van der Waals surface area contributed by atoms with Crippen molar-refractivity contribution in [2.45, 2.75) is 16.3 Å². The number of halogens is 1. The highest BCUT2D eigenvalue weighted by Gasteiger charge is 2.17. The third kappa shape index (κ3) is 5.15. The summed E-state index contributed by atoms with van der Waals surface area (Å²) in [5.74, 6) is -0.249. The zero-order valence-electron chi connectivity index (χ0n) is 15.1. The van der Waals surface area contributed by atoms with Crippen LogP contribution in [0, 0.1) is 17.3 Å². The van der Waals surface area contributed by atoms with Crippen LogP contribution in [0.1, 0.15) is 5.56 Å². The first-order valence-electron chi connectivity index (χ1n) is 8.45. The van der Waals surface area contributed by atoms with E-state index in [0.29, 0.717) is 5.69 Å². The Kier molecular flexibility index (Phi) is 6.16. The van der Waals surface area contributed by atoms with Crippen LogP contribution < -0.4 is 10.6 Å². The van der Waals surface area contributed by atoms with Gasteiger partial charge in [-0.15, -0.1) is 0 Å². The zero-order valence-corrected chi connectivity index (χ0v) is 15.9. The summed E-state index contributed by atoms with van der Waals surface area (Å²) in [6, 6.07) is 14.3. The van der Waals surface area contributed by atoms with Crippen molar-refractivity contribution >= 4 is 21.5 Å². The highest BCUT2D eigenvalue weighted by Crippen LogP contribution is 2.21. The molecule has 29 heavy (non-hydrogen) atoms. The van der Waals surface area contributed by atoms with Crippen molar-refractivity contribution in [3.05, 3.63) is 84.4 Å². The minimum atomic E-state index is -3.73. The van der Waals surface area contributed by atoms with E-state index in [9.17, 15) is 12.8 Å². The number of hydrogen-bond acceptors (Lipinski definition) is 5. The standard InChI is InChI=1S/C20H16FN5O2S/c21-16-3-7-19(8-4-16)29(27,28)18-5-1-15(2-6-18)13-24-20(25-14-22)26-17-9-11-23-12-10-17/h1-12H,13H2,(H2,23,24,25,26). The van der Waals surface area contributed by atoms with Gasteiger partial charge in [-0.1, -0.05) is 12.1 Å². The van der Waals surface area contributed by atoms with Crippen molar-refractivity contribution in [3.63, 3.8) is 0 Å². The molecule has 0 aliphatic carbocycles. The minimum Gasteiger partial charge on any atom is -0.325 e. The molecule has 7 nitrogen and oxygen atoms in total. The second-order valence-corrected chi connectivity index (χ2v) is 7.81. The Labute approximate surface area is 167 Å². The second kappa shape index (κ2) is 8.95. The summed E-state index contributed by atoms with van der Waals surface area (Å²) in [5.41, 5.74) is 1.46. The van der Waals surface area contributed by atoms with Gasteiger partial charge in [0.15, 0.2) is 6.19 Å². The topological polar surface area (TPSA) is 107 Å². The first-order valence-corrected chi connectivity index (χ1v) is 9.93. The Morgan fingerprint density at radius 3 is 2.17 bits per heavy atom. The molecule has 9 heteroatoms. The lowest BCUT2D eigenvalue weighted by atomic mass is 10.2. The van der Waals surface area contributed by atoms with Crippen molar-refractivity contribution in [2.75, 3.05) is 5.32 Å². The average Bonchev–Trinajstić information content (AvgIpc) is 2.73. The summed E-state index contributed by atoms with van der Waals surface area (Å²) in [7, 11) is -3.73. The van der Waals surface area contributed by atoms with E-state index in [2.05, 4.69) is 20.6 Å². The predicted octanol–water partition coefficient (Wildman–Crippen LogP) is 3.09. The molecule has 2 aromatic carbocycles. The van der Waals surface area contributed by atoms with Gasteiger partial charge >= 0.3 is 0 Å². The smallest absolute Gasteiger partial charge is 0.209 e. The number of aliphatic imine (C=N–C) groups is 1. The number of aromatic nitrogens is 1. The molecule has 0 bridgehead atoms. The largest absolute Gasteiger partial charge is 0.325 e. The molecule has 0 radical (unpaired) electrons. The van der Waals surface area contributed by atoms with Crippen molar-refractivity contribution in [2.24, 2.45) is 4.99 Å². The van der Waals surface area contributed by atoms with Gasteiger partial charge in [0.1, 0.15) is 5.82 Å². The Morgan fingerprint density at radius 2 is 1.59 bits per heavy atom. The van der Waals surface area contributed by atoms with Crippen molar-refractivity contribution in [3.8, 4) is 6.19 Å². The van der Waals surface area contributed by atoms with Crippen molar-refractivity contribution in [1.29, 1.82) is 5.26 Å². The lowest BCUT2D eigenvalue weighted by Crippen LogP contribution is -2.26. The summed E-state index contributed by atoms with van der Waals surface area (Å²) >= 11 is 0. The summed E-state index contributed by atoms with van der Waals surface area (Å²) < 4.78 is 38.2. The third-order valence-electron chi connectivity index (χ3n) is 3.89. The molecule has 0 spiro atoms. The molecule has 0 fully saturated rings. The molecule has 0 unspecified atom stereocenters. The highest BCUT2D eigenvalue weighted by molar-refractivity contribution is 7.91. The van der Waals surface area contributed by atoms with Gasteiger partial charge in [-0.3, -0.25) is 10.3 Å². The van der Waals surface area contributed by atoms with E-state index < -0.39 is 15.7 Å². The van der Waals surface area contributed by atoms with Crippen molar-refractivity contribution in [1.82, 2.24) is 10.3 Å². The van der Waals surface area contributed by atoms with Crippen LogP contribution in [0.25, 0.3) is 0 Å². The molecule has 0 aliphatic rings. The quantitative estimate of drug-likeness (QED) is 0.220. The number of anilines is 1. The fourth-order valence-electron chi connectivity index (χ4n) is 2.43. The van der Waals surface area contributed by atoms with Crippen LogP contribution in [0.15, 0.2) is 87.8 Å². The average molecular weight is 409 g/mol. The first kappa shape index (κ1) is 20.0. The maximum Gasteiger partial charge on any atom is 0.209 e. The van der Waals surface area contributed by atoms with E-state index in [4.69, 9.17) is 5.26 Å². The molecule has 0 atom stereocenters. The molecule has 0 saturated heterocycles. The molecular weight excluding hydrogens is 393 g/mol. The Hall–Kier alpha value is -3.77. The lowest BCUT2D eigenvalue weighted by Gasteiger charge is -2.08. The van der Waals surface area contributed by atoms with Gasteiger partial charge in [-0.25, -0.2) is 17.8 Å². The van der Waals surface area contributed by atoms with E-state index in [1.807, 2.05) is 6.19 Å². The normalized spacial score (nSPS) is 11.5. The van der Waals surface area contributed by atoms with Crippen LogP contribution in [0.3, 0.4) is 0 Å². The molecule has 3 rings (SSSR count). The van der Waals surface area contributed by atoms with E-state index >= 15 is 0 Å². The van der Waals surface area contributed by atoms with E-state index in [0.717, 1.165) is 17.7 Å². The maximum atomic E-state index is 13.0. The van der Waals surface area contributed by atoms with Crippen LogP contribution in [0.4, 0.5) is 10.1 Å². The van der Waals surface area contributed by atoms with Gasteiger partial charge in [0.25, 0.3) is 0 Å². The summed E-state index contributed by atoms with van der Waals surface area (Å²) in [5, 5.41) is 14.3. The molecule has 2 N–H and O–H groups in total. The minimum absolute atomic E-state index is 0.0201. The third-order valence-corrected chi connectivity index (χ3v) is 5.68. The summed E-state index contributed by atoms with van der Waals surface area (Å²) in [6.45, 7) is 0.221. The van der Waals surface area contributed by atoms with Gasteiger partial charge in [0.2, 0.25) is 15.8 Å². The number of guanidine groups is 1. The van der Waals surface area contributed by atoms with E-state index in [-0.39, 0.29) is 22.3 Å². The molecule has 1 aromatic heterocycles. The zero-order chi connectivity index (χ0) is 20.7. The molecule has 0 amide bonds. The van der Waals surface area contributed by atoms with Gasteiger partial charge in [-0.05, 0) is 54.1 Å². The number of rotatable bonds is 5. The number of nitrogens with one attached hydrogen (secondary N) is 2. The molecule has 0 saturated carbocycles. The first-order chi connectivity index (χ1) is 14.0. The lowest BCUT2D eigenvalue weighted by molar-refractivity contribution is 0.594. The van der Waals surface area contributed by atoms with Gasteiger partial charge in [-0.2, -0.15) is 5.26 Å². The fraction of sp³-hybridized carbons (Fsp3) is 0.0500. The van der Waals surface area contributed by atoms with Crippen LogP contribution >= 0.6 is 0 Å². The number of pyridine rings is 1. The maximum absolute atomic E-state index is 13.0. The van der Waals surface area contributed by atoms with Crippen LogP contribution in [0.5, 0.6) is 0 Å². The van der Waals surface area contributed by atoms with E-state index in [1.54, 1.807) is 36.7 Å². The highest BCUT2D eigenvalue weighted by atomic mass is 32.2. The number of nitrogens with zero attached hydrogens (tertiary/aromatic N) is 3. The van der Waals surface area contributed by atoms with Crippen molar-refractivity contribution < 1.29 is 12.8 Å². The number of benzene rings is 2. The molecular formula is C20H16FN5O2S. The SMILES string of the molecule is N#CNC(=NCc1ccc(S(=O)(=O)c2ccc(F)cc2)cc1)Nc1ccncc1. The van der Waals surface area contributed by atoms with Gasteiger partial charge in [0.05, 0.1) is 16.3 Å². The Balaban J connectivity index is 1.74. The molecule has 3 aromatic rings. The molecule has 146 valence electrons. The van der Waals surface area contributed by atoms with Crippen LogP contribution in [0.2, 0.25) is 0 Å². The number of hydrogen-bond donors (Lipinski definition) is 2. The molecule has 1 heterocycles.